The van der Waals surface area contributed by atoms with Crippen LogP contribution in [0.1, 0.15) is 5.56 Å². The predicted molar refractivity (Wildman–Crippen MR) is 76.5 cm³/mol. The summed E-state index contributed by atoms with van der Waals surface area (Å²) in [6, 6.07) is 12.6. The minimum absolute atomic E-state index is 0.244. The molecule has 0 saturated carbocycles. The van der Waals surface area contributed by atoms with Gasteiger partial charge in [-0.25, -0.2) is 4.98 Å². The van der Waals surface area contributed by atoms with Crippen molar-refractivity contribution >= 4 is 11.0 Å². The van der Waals surface area contributed by atoms with Crippen LogP contribution in [0.25, 0.3) is 22.2 Å². The van der Waals surface area contributed by atoms with Crippen molar-refractivity contribution in [1.29, 1.82) is 0 Å². The molecule has 5 nitrogen and oxygen atoms in total. The molecule has 0 aliphatic rings. The first-order valence-electron chi connectivity index (χ1n) is 6.20. The maximum atomic E-state index is 11.8. The molecule has 5 heteroatoms. The molecule has 0 unspecified atom stereocenters. The monoisotopic (exact) mass is 267 g/mol. The summed E-state index contributed by atoms with van der Waals surface area (Å²) < 4.78 is 0.561. The Balaban J connectivity index is 2.36. The van der Waals surface area contributed by atoms with Gasteiger partial charge in [-0.2, -0.15) is 0 Å². The van der Waals surface area contributed by atoms with Crippen LogP contribution in [0, 0.1) is 0 Å². The number of nitrogens with zero attached hydrogens (tertiary/aromatic N) is 2. The van der Waals surface area contributed by atoms with E-state index in [1.54, 1.807) is 6.07 Å². The van der Waals surface area contributed by atoms with Crippen molar-refractivity contribution in [2.45, 2.75) is 6.54 Å². The van der Waals surface area contributed by atoms with E-state index in [0.29, 0.717) is 16.7 Å². The van der Waals surface area contributed by atoms with Gasteiger partial charge in [-0.3, -0.25) is 4.79 Å². The van der Waals surface area contributed by atoms with Crippen LogP contribution in [0.3, 0.4) is 0 Å². The van der Waals surface area contributed by atoms with E-state index < -0.39 is 5.56 Å². The van der Waals surface area contributed by atoms with Crippen LogP contribution in [0.2, 0.25) is 0 Å². The Morgan fingerprint density at radius 1 is 1.20 bits per heavy atom. The number of hydrogen-bond donors (Lipinski definition) is 2. The van der Waals surface area contributed by atoms with Gasteiger partial charge >= 0.3 is 0 Å². The quantitative estimate of drug-likeness (QED) is 0.693. The summed E-state index contributed by atoms with van der Waals surface area (Å²) in [5.41, 5.74) is 7.97. The van der Waals surface area contributed by atoms with Gasteiger partial charge in [0.1, 0.15) is 0 Å². The molecule has 20 heavy (non-hydrogen) atoms. The lowest BCUT2D eigenvalue weighted by molar-refractivity contribution is 0.187. The van der Waals surface area contributed by atoms with Gasteiger partial charge in [-0.05, 0) is 34.9 Å². The molecule has 0 atom stereocenters. The van der Waals surface area contributed by atoms with Gasteiger partial charge in [0.25, 0.3) is 5.56 Å². The summed E-state index contributed by atoms with van der Waals surface area (Å²) in [7, 11) is 0. The van der Waals surface area contributed by atoms with Crippen LogP contribution >= 0.6 is 0 Å². The van der Waals surface area contributed by atoms with E-state index in [4.69, 9.17) is 5.73 Å². The lowest BCUT2D eigenvalue weighted by Gasteiger charge is -2.09. The van der Waals surface area contributed by atoms with E-state index in [1.807, 2.05) is 30.3 Å². The zero-order valence-corrected chi connectivity index (χ0v) is 10.7. The fraction of sp³-hybridized carbons (Fsp3) is 0.0667. The third-order valence-corrected chi connectivity index (χ3v) is 3.23. The van der Waals surface area contributed by atoms with Crippen LogP contribution in [0.5, 0.6) is 0 Å². The van der Waals surface area contributed by atoms with Crippen molar-refractivity contribution in [3.8, 4) is 11.1 Å². The van der Waals surface area contributed by atoms with Crippen molar-refractivity contribution in [3.63, 3.8) is 0 Å². The van der Waals surface area contributed by atoms with E-state index in [0.717, 1.165) is 16.7 Å². The first kappa shape index (κ1) is 12.4. The zero-order valence-electron chi connectivity index (χ0n) is 10.7. The number of fused-ring (bicyclic) bond motifs is 1. The second-order valence-electron chi connectivity index (χ2n) is 4.49. The predicted octanol–water partition coefficient (Wildman–Crippen LogP) is 1.76. The number of aromatic nitrogens is 2. The maximum absolute atomic E-state index is 11.8. The van der Waals surface area contributed by atoms with Crippen LogP contribution in [0.15, 0.2) is 53.5 Å². The Hall–Kier alpha value is -2.66. The highest BCUT2D eigenvalue weighted by atomic mass is 16.5. The largest absolute Gasteiger partial charge is 0.423 e. The first-order valence-corrected chi connectivity index (χ1v) is 6.20. The van der Waals surface area contributed by atoms with Crippen molar-refractivity contribution in [2.75, 3.05) is 0 Å². The Labute approximate surface area is 114 Å². The van der Waals surface area contributed by atoms with E-state index in [-0.39, 0.29) is 5.65 Å². The van der Waals surface area contributed by atoms with E-state index in [1.165, 1.54) is 12.3 Å². The van der Waals surface area contributed by atoms with Crippen LogP contribution in [-0.2, 0) is 6.54 Å². The highest BCUT2D eigenvalue weighted by Crippen LogP contribution is 2.26. The highest BCUT2D eigenvalue weighted by molar-refractivity contribution is 5.92. The Kier molecular flexibility index (Phi) is 2.96. The molecule has 3 rings (SSSR count). The van der Waals surface area contributed by atoms with Gasteiger partial charge in [-0.15, -0.1) is 4.73 Å². The molecular weight excluding hydrogens is 254 g/mol. The molecule has 3 N–H and O–H groups in total. The Bertz CT molecular complexity index is 840. The fourth-order valence-corrected chi connectivity index (χ4v) is 2.25. The SMILES string of the molecule is NCc1cccc(-c2cc(=O)n(O)c3ncccc23)c1. The third-order valence-electron chi connectivity index (χ3n) is 3.23. The van der Waals surface area contributed by atoms with Crippen LogP contribution in [0.4, 0.5) is 0 Å². The number of rotatable bonds is 2. The average Bonchev–Trinajstić information content (AvgIpc) is 2.51. The molecule has 0 radical (unpaired) electrons. The molecule has 1 aromatic carbocycles. The van der Waals surface area contributed by atoms with Crippen molar-refractivity contribution in [3.05, 3.63) is 64.6 Å². The summed E-state index contributed by atoms with van der Waals surface area (Å²) in [6.45, 7) is 0.432. The van der Waals surface area contributed by atoms with Crippen molar-refractivity contribution < 1.29 is 5.21 Å². The molecule has 3 aromatic rings. The topological polar surface area (TPSA) is 81.1 Å². The molecule has 0 spiro atoms. The molecule has 100 valence electrons. The average molecular weight is 267 g/mol. The minimum atomic E-state index is -0.510. The second-order valence-corrected chi connectivity index (χ2v) is 4.49. The number of hydrogen-bond acceptors (Lipinski definition) is 4. The van der Waals surface area contributed by atoms with Gasteiger partial charge in [0.2, 0.25) is 0 Å². The molecule has 0 amide bonds. The summed E-state index contributed by atoms with van der Waals surface area (Å²) in [5.74, 6) is 0. The summed E-state index contributed by atoms with van der Waals surface area (Å²) >= 11 is 0. The van der Waals surface area contributed by atoms with Gasteiger partial charge in [0.05, 0.1) is 0 Å². The summed E-state index contributed by atoms with van der Waals surface area (Å²) in [6.07, 6.45) is 1.54. The van der Waals surface area contributed by atoms with Crippen molar-refractivity contribution in [1.82, 2.24) is 9.71 Å². The molecule has 2 heterocycles. The lowest BCUT2D eigenvalue weighted by atomic mass is 10.0. The van der Waals surface area contributed by atoms with Gasteiger partial charge in [-0.1, -0.05) is 18.2 Å². The number of pyridine rings is 2. The maximum Gasteiger partial charge on any atom is 0.285 e. The second kappa shape index (κ2) is 4.79. The minimum Gasteiger partial charge on any atom is -0.423 e. The van der Waals surface area contributed by atoms with Gasteiger partial charge in [0.15, 0.2) is 5.65 Å². The van der Waals surface area contributed by atoms with Gasteiger partial charge < -0.3 is 10.9 Å². The van der Waals surface area contributed by atoms with E-state index in [2.05, 4.69) is 4.98 Å². The van der Waals surface area contributed by atoms with E-state index >= 15 is 0 Å². The number of nitrogens with two attached hydrogens (primary N) is 1. The van der Waals surface area contributed by atoms with Gasteiger partial charge in [0, 0.05) is 24.2 Å². The highest BCUT2D eigenvalue weighted by Gasteiger charge is 2.10. The normalized spacial score (nSPS) is 10.8. The Morgan fingerprint density at radius 2 is 2.05 bits per heavy atom. The van der Waals surface area contributed by atoms with Crippen molar-refractivity contribution in [2.24, 2.45) is 5.73 Å². The summed E-state index contributed by atoms with van der Waals surface area (Å²) in [5, 5.41) is 10.5. The van der Waals surface area contributed by atoms with Crippen LogP contribution in [-0.4, -0.2) is 14.9 Å². The molecular formula is C15H13N3O2. The van der Waals surface area contributed by atoms with Crippen LogP contribution < -0.4 is 11.3 Å². The summed E-state index contributed by atoms with van der Waals surface area (Å²) in [4.78, 5) is 15.9. The smallest absolute Gasteiger partial charge is 0.285 e. The standard InChI is InChI=1S/C15H13N3O2/c16-9-10-3-1-4-11(7-10)13-8-14(19)18(20)15-12(13)5-2-6-17-15/h1-8,20H,9,16H2. The zero-order chi connectivity index (χ0) is 14.1. The fourth-order valence-electron chi connectivity index (χ4n) is 2.25. The Morgan fingerprint density at radius 3 is 2.85 bits per heavy atom. The first-order chi connectivity index (χ1) is 9.70. The molecule has 0 fully saturated rings. The molecule has 0 saturated heterocycles. The van der Waals surface area contributed by atoms with E-state index in [9.17, 15) is 10.0 Å². The molecule has 0 aliphatic heterocycles. The lowest BCUT2D eigenvalue weighted by Crippen LogP contribution is -2.18. The molecule has 0 bridgehead atoms. The molecule has 2 aromatic heterocycles. The number of benzene rings is 1. The third kappa shape index (κ3) is 1.94. The molecule has 0 aliphatic carbocycles.